The van der Waals surface area contributed by atoms with E-state index >= 15 is 0 Å². The summed E-state index contributed by atoms with van der Waals surface area (Å²) in [6.07, 6.45) is 13.7. The molecule has 26 heavy (non-hydrogen) atoms. The Morgan fingerprint density at radius 1 is 0.923 bits per heavy atom. The number of nitrogens with one attached hydrogen (secondary N) is 2. The third kappa shape index (κ3) is 15.9. The van der Waals surface area contributed by atoms with E-state index in [4.69, 9.17) is 14.6 Å². The van der Waals surface area contributed by atoms with Crippen molar-refractivity contribution in [3.8, 4) is 0 Å². The third-order valence-corrected chi connectivity index (χ3v) is 4.34. The first-order valence-corrected chi connectivity index (χ1v) is 9.86. The molecule has 1 rings (SSSR count). The van der Waals surface area contributed by atoms with Crippen LogP contribution in [0.1, 0.15) is 84.0 Å². The Kier molecular flexibility index (Phi) is 17.0. The van der Waals surface area contributed by atoms with Crippen LogP contribution >= 0.6 is 0 Å². The SMILES string of the molecule is CC1NCNC(=O)CCCCCCCCCCCCCOC1=O.O=CO. The van der Waals surface area contributed by atoms with Gasteiger partial charge < -0.3 is 15.2 Å². The van der Waals surface area contributed by atoms with Crippen LogP contribution in [0.4, 0.5) is 0 Å². The number of carboxylic acid groups (broad SMARTS) is 1. The maximum atomic E-state index is 11.8. The average Bonchev–Trinajstić information content (AvgIpc) is 2.61. The van der Waals surface area contributed by atoms with Crippen molar-refractivity contribution < 1.29 is 24.2 Å². The van der Waals surface area contributed by atoms with Gasteiger partial charge in [-0.2, -0.15) is 0 Å². The lowest BCUT2D eigenvalue weighted by Crippen LogP contribution is -2.42. The molecule has 0 radical (unpaired) electrons. The van der Waals surface area contributed by atoms with Crippen molar-refractivity contribution in [2.75, 3.05) is 13.3 Å². The zero-order chi connectivity index (χ0) is 19.5. The van der Waals surface area contributed by atoms with Crippen molar-refractivity contribution >= 4 is 18.3 Å². The van der Waals surface area contributed by atoms with E-state index in [1.807, 2.05) is 0 Å². The quantitative estimate of drug-likeness (QED) is 0.446. The molecule has 1 amide bonds. The lowest BCUT2D eigenvalue weighted by atomic mass is 10.1. The number of esters is 1. The van der Waals surface area contributed by atoms with Crippen molar-refractivity contribution in [1.82, 2.24) is 10.6 Å². The molecule has 0 aromatic heterocycles. The molecule has 0 bridgehead atoms. The Morgan fingerprint density at radius 2 is 1.38 bits per heavy atom. The molecule has 7 heteroatoms. The van der Waals surface area contributed by atoms with Gasteiger partial charge in [-0.05, 0) is 19.8 Å². The minimum Gasteiger partial charge on any atom is -0.483 e. The first kappa shape index (κ1) is 24.4. The fourth-order valence-electron chi connectivity index (χ4n) is 2.75. The van der Waals surface area contributed by atoms with Crippen LogP contribution in [0, 0.1) is 0 Å². The molecule has 1 aliphatic heterocycles. The summed E-state index contributed by atoms with van der Waals surface area (Å²) in [7, 11) is 0. The summed E-state index contributed by atoms with van der Waals surface area (Å²) in [5, 5.41) is 12.7. The normalized spacial score (nSPS) is 22.7. The molecule has 0 aromatic rings. The van der Waals surface area contributed by atoms with Gasteiger partial charge in [0.25, 0.3) is 6.47 Å². The number of cyclic esters (lactones) is 1. The van der Waals surface area contributed by atoms with E-state index in [0.717, 1.165) is 25.7 Å². The summed E-state index contributed by atoms with van der Waals surface area (Å²) < 4.78 is 5.25. The highest BCUT2D eigenvalue weighted by atomic mass is 16.5. The van der Waals surface area contributed by atoms with Gasteiger partial charge in [0.05, 0.1) is 13.3 Å². The van der Waals surface area contributed by atoms with Crippen LogP contribution in [-0.2, 0) is 19.1 Å². The fourth-order valence-corrected chi connectivity index (χ4v) is 2.75. The van der Waals surface area contributed by atoms with E-state index in [9.17, 15) is 9.59 Å². The second kappa shape index (κ2) is 18.2. The summed E-state index contributed by atoms with van der Waals surface area (Å²) >= 11 is 0. The molecule has 0 aromatic carbocycles. The van der Waals surface area contributed by atoms with Crippen LogP contribution in [0.5, 0.6) is 0 Å². The molecule has 0 aliphatic carbocycles. The molecule has 0 spiro atoms. The van der Waals surface area contributed by atoms with Crippen LogP contribution in [-0.4, -0.2) is 42.8 Å². The molecule has 1 heterocycles. The van der Waals surface area contributed by atoms with Gasteiger partial charge in [-0.3, -0.25) is 19.7 Å². The number of amides is 1. The molecule has 1 aliphatic rings. The van der Waals surface area contributed by atoms with Gasteiger partial charge in [0.2, 0.25) is 5.91 Å². The summed E-state index contributed by atoms with van der Waals surface area (Å²) in [6, 6.07) is -0.388. The lowest BCUT2D eigenvalue weighted by Gasteiger charge is -2.14. The third-order valence-electron chi connectivity index (χ3n) is 4.34. The summed E-state index contributed by atoms with van der Waals surface area (Å²) in [5.74, 6) is -0.193. The fraction of sp³-hybridized carbons (Fsp3) is 0.842. The van der Waals surface area contributed by atoms with Gasteiger partial charge in [0.1, 0.15) is 6.04 Å². The van der Waals surface area contributed by atoms with E-state index in [1.54, 1.807) is 6.92 Å². The maximum Gasteiger partial charge on any atom is 0.322 e. The highest BCUT2D eigenvalue weighted by Crippen LogP contribution is 2.12. The Labute approximate surface area is 157 Å². The van der Waals surface area contributed by atoms with Gasteiger partial charge >= 0.3 is 5.97 Å². The van der Waals surface area contributed by atoms with Gasteiger partial charge in [-0.25, -0.2) is 0 Å². The largest absolute Gasteiger partial charge is 0.483 e. The zero-order valence-corrected chi connectivity index (χ0v) is 16.1. The van der Waals surface area contributed by atoms with Crippen LogP contribution in [0.15, 0.2) is 0 Å². The smallest absolute Gasteiger partial charge is 0.322 e. The van der Waals surface area contributed by atoms with E-state index in [2.05, 4.69) is 10.6 Å². The number of carbonyl (C=O) groups is 3. The molecule has 1 saturated heterocycles. The summed E-state index contributed by atoms with van der Waals surface area (Å²) in [4.78, 5) is 31.8. The van der Waals surface area contributed by atoms with E-state index < -0.39 is 0 Å². The molecular formula is C19H36N2O5. The number of ether oxygens (including phenoxy) is 1. The standard InChI is InChI=1S/C18H34N2O3.CH2O2/c1-16-18(22)23-14-12-10-8-6-4-2-3-5-7-9-11-13-17(21)20-15-19-16;2-1-3/h16,19H,2-15H2,1H3,(H,20,21);1H,(H,2,3). The molecule has 7 nitrogen and oxygen atoms in total. The van der Waals surface area contributed by atoms with Gasteiger partial charge in [-0.15, -0.1) is 0 Å². The minimum atomic E-state index is -0.388. The number of carbonyl (C=O) groups excluding carboxylic acids is 2. The predicted molar refractivity (Wildman–Crippen MR) is 101 cm³/mol. The Morgan fingerprint density at radius 3 is 1.92 bits per heavy atom. The topological polar surface area (TPSA) is 105 Å². The van der Waals surface area contributed by atoms with Crippen LogP contribution < -0.4 is 10.6 Å². The van der Waals surface area contributed by atoms with Crippen molar-refractivity contribution in [2.45, 2.75) is 90.0 Å². The highest BCUT2D eigenvalue weighted by molar-refractivity contribution is 5.76. The van der Waals surface area contributed by atoms with E-state index in [-0.39, 0.29) is 24.4 Å². The van der Waals surface area contributed by atoms with Gasteiger partial charge in [0, 0.05) is 6.42 Å². The molecule has 1 unspecified atom stereocenters. The van der Waals surface area contributed by atoms with Crippen LogP contribution in [0.2, 0.25) is 0 Å². The number of hydrogen-bond acceptors (Lipinski definition) is 5. The van der Waals surface area contributed by atoms with Crippen LogP contribution in [0.25, 0.3) is 0 Å². The molecule has 0 saturated carbocycles. The van der Waals surface area contributed by atoms with Crippen LogP contribution in [0.3, 0.4) is 0 Å². The Hall–Kier alpha value is -1.63. The summed E-state index contributed by atoms with van der Waals surface area (Å²) in [5.41, 5.74) is 0. The van der Waals surface area contributed by atoms with Crippen molar-refractivity contribution in [1.29, 1.82) is 0 Å². The maximum absolute atomic E-state index is 11.8. The Balaban J connectivity index is 0.00000194. The second-order valence-corrected chi connectivity index (χ2v) is 6.61. The second-order valence-electron chi connectivity index (χ2n) is 6.61. The molecule has 1 fully saturated rings. The molecule has 3 N–H and O–H groups in total. The van der Waals surface area contributed by atoms with Crippen molar-refractivity contribution in [2.24, 2.45) is 0 Å². The van der Waals surface area contributed by atoms with Gasteiger partial charge in [-0.1, -0.05) is 57.8 Å². The highest BCUT2D eigenvalue weighted by Gasteiger charge is 2.13. The van der Waals surface area contributed by atoms with Crippen molar-refractivity contribution in [3.63, 3.8) is 0 Å². The first-order valence-electron chi connectivity index (χ1n) is 9.86. The predicted octanol–water partition coefficient (Wildman–Crippen LogP) is 2.98. The molecule has 152 valence electrons. The van der Waals surface area contributed by atoms with Crippen molar-refractivity contribution in [3.05, 3.63) is 0 Å². The monoisotopic (exact) mass is 372 g/mol. The Bertz CT molecular complexity index is 377. The van der Waals surface area contributed by atoms with Gasteiger partial charge in [0.15, 0.2) is 0 Å². The average molecular weight is 373 g/mol. The zero-order valence-electron chi connectivity index (χ0n) is 16.1. The number of hydrogen-bond donors (Lipinski definition) is 3. The lowest BCUT2D eigenvalue weighted by molar-refractivity contribution is -0.146. The minimum absolute atomic E-state index is 0.0486. The van der Waals surface area contributed by atoms with E-state index in [0.29, 0.717) is 19.7 Å². The molecular weight excluding hydrogens is 336 g/mol. The number of rotatable bonds is 0. The first-order chi connectivity index (χ1) is 12.6. The van der Waals surface area contributed by atoms with E-state index in [1.165, 1.54) is 44.9 Å². The summed E-state index contributed by atoms with van der Waals surface area (Å²) in [6.45, 7) is 2.33. The molecule has 1 atom stereocenters.